The molecular formula is C34H42N4O4. The maximum absolute atomic E-state index is 12.6. The minimum Gasteiger partial charge on any atom is -0.383 e. The van der Waals surface area contributed by atoms with Gasteiger partial charge in [-0.3, -0.25) is 19.2 Å². The lowest BCUT2D eigenvalue weighted by molar-refractivity contribution is -0.117. The summed E-state index contributed by atoms with van der Waals surface area (Å²) in [6, 6.07) is 11.3. The molecule has 1 fully saturated rings. The number of aryl methyl sites for hydroxylation is 2. The van der Waals surface area contributed by atoms with Gasteiger partial charge in [-0.05, 0) is 86.1 Å². The molecule has 0 bridgehead atoms. The molecule has 1 aliphatic heterocycles. The molecule has 0 atom stereocenters. The highest BCUT2D eigenvalue weighted by molar-refractivity contribution is 6.11. The first kappa shape index (κ1) is 30.8. The Morgan fingerprint density at radius 3 is 1.60 bits per heavy atom. The number of hydrogen-bond donors (Lipinski definition) is 0. The third-order valence-electron chi connectivity index (χ3n) is 8.19. The lowest BCUT2D eigenvalue weighted by Crippen LogP contribution is -2.24. The first-order valence-corrected chi connectivity index (χ1v) is 14.6. The predicted octanol–water partition coefficient (Wildman–Crippen LogP) is 5.02. The molecule has 3 aliphatic rings. The van der Waals surface area contributed by atoms with Gasteiger partial charge in [-0.2, -0.15) is 0 Å². The molecule has 2 amide bonds. The molecule has 0 N–H and O–H groups in total. The Kier molecular flexibility index (Phi) is 9.66. The van der Waals surface area contributed by atoms with E-state index in [1.165, 1.54) is 19.8 Å². The second kappa shape index (κ2) is 13.2. The highest BCUT2D eigenvalue weighted by atomic mass is 16.2. The van der Waals surface area contributed by atoms with Crippen LogP contribution in [0.15, 0.2) is 59.9 Å². The van der Waals surface area contributed by atoms with Crippen molar-refractivity contribution in [3.8, 4) is 0 Å². The Morgan fingerprint density at radius 1 is 0.690 bits per heavy atom. The van der Waals surface area contributed by atoms with Gasteiger partial charge in [0.05, 0.1) is 0 Å². The van der Waals surface area contributed by atoms with E-state index in [9.17, 15) is 19.2 Å². The Balaban J connectivity index is 0.000000194. The minimum absolute atomic E-state index is 0.00305. The summed E-state index contributed by atoms with van der Waals surface area (Å²) >= 11 is 0. The number of ketones is 2. The van der Waals surface area contributed by atoms with Crippen LogP contribution in [0.4, 0.5) is 11.4 Å². The minimum atomic E-state index is -0.0136. The average Bonchev–Trinajstić information content (AvgIpc) is 3.48. The van der Waals surface area contributed by atoms with Crippen molar-refractivity contribution < 1.29 is 19.2 Å². The summed E-state index contributed by atoms with van der Waals surface area (Å²) in [7, 11) is 7.33. The van der Waals surface area contributed by atoms with Crippen LogP contribution in [0.3, 0.4) is 0 Å². The molecular weight excluding hydrogens is 528 g/mol. The first-order chi connectivity index (χ1) is 20.0. The number of rotatable bonds is 4. The van der Waals surface area contributed by atoms with Gasteiger partial charge in [0.15, 0.2) is 11.6 Å². The van der Waals surface area contributed by atoms with Gasteiger partial charge in [-0.1, -0.05) is 0 Å². The molecule has 0 radical (unpaired) electrons. The zero-order chi connectivity index (χ0) is 30.6. The van der Waals surface area contributed by atoms with E-state index in [-0.39, 0.29) is 23.4 Å². The van der Waals surface area contributed by atoms with Crippen LogP contribution in [0.25, 0.3) is 0 Å². The number of likely N-dealkylation sites (tertiary alicyclic amines) is 1. The number of Topliss-reactive ketones (excluding diaryl/α,β-unsaturated/α-hetero) is 2. The van der Waals surface area contributed by atoms with Crippen molar-refractivity contribution in [1.82, 2.24) is 9.80 Å². The molecule has 0 aromatic heterocycles. The van der Waals surface area contributed by atoms with E-state index in [2.05, 4.69) is 11.1 Å². The van der Waals surface area contributed by atoms with Gasteiger partial charge in [-0.15, -0.1) is 0 Å². The number of carbonyl (C=O) groups excluding carboxylic acids is 4. The molecule has 8 nitrogen and oxygen atoms in total. The van der Waals surface area contributed by atoms with E-state index in [1.54, 1.807) is 30.8 Å². The summed E-state index contributed by atoms with van der Waals surface area (Å²) in [5.74, 6) is 0.221. The zero-order valence-electron chi connectivity index (χ0n) is 25.7. The van der Waals surface area contributed by atoms with Crippen LogP contribution in [0.1, 0.15) is 71.4 Å². The number of allylic oxidation sites excluding steroid dienone is 2. The number of fused-ring (bicyclic) bond motifs is 2. The van der Waals surface area contributed by atoms with Crippen molar-refractivity contribution in [3.05, 3.63) is 82.2 Å². The smallest absolute Gasteiger partial charge is 0.223 e. The van der Waals surface area contributed by atoms with Gasteiger partial charge in [0.1, 0.15) is 0 Å². The Labute approximate surface area is 249 Å². The number of benzene rings is 2. The largest absolute Gasteiger partial charge is 0.383 e. The molecule has 5 rings (SSSR count). The number of anilines is 2. The second-order valence-electron chi connectivity index (χ2n) is 11.5. The van der Waals surface area contributed by atoms with Crippen LogP contribution in [-0.2, 0) is 22.4 Å². The Hall–Kier alpha value is -4.20. The van der Waals surface area contributed by atoms with Crippen LogP contribution < -0.4 is 9.80 Å². The van der Waals surface area contributed by atoms with Crippen LogP contribution in [0, 0.1) is 0 Å². The van der Waals surface area contributed by atoms with Crippen molar-refractivity contribution in [1.29, 1.82) is 0 Å². The second-order valence-corrected chi connectivity index (χ2v) is 11.5. The van der Waals surface area contributed by atoms with E-state index in [0.717, 1.165) is 83.5 Å². The zero-order valence-corrected chi connectivity index (χ0v) is 25.7. The number of nitrogens with zero attached hydrogens (tertiary/aromatic N) is 4. The van der Waals surface area contributed by atoms with E-state index in [0.29, 0.717) is 0 Å². The SMILES string of the molecule is CC(=O)N(C)c1ccc2c(c1)CC/C(=C/N(C)C)C2=O.CC(=O)N(C)c1ccc2c(c1)CC/C(=C/N1CCCC1)C2=O. The molecule has 42 heavy (non-hydrogen) atoms. The third kappa shape index (κ3) is 6.98. The van der Waals surface area contributed by atoms with Gasteiger partial charge < -0.3 is 19.6 Å². The topological polar surface area (TPSA) is 81.2 Å². The molecule has 0 saturated carbocycles. The van der Waals surface area contributed by atoms with Crippen molar-refractivity contribution in [2.45, 2.75) is 52.4 Å². The molecule has 2 aromatic rings. The van der Waals surface area contributed by atoms with Gasteiger partial charge in [0.25, 0.3) is 0 Å². The Bertz CT molecular complexity index is 1450. The lowest BCUT2D eigenvalue weighted by atomic mass is 9.87. The quantitative estimate of drug-likeness (QED) is 0.480. The summed E-state index contributed by atoms with van der Waals surface area (Å²) < 4.78 is 0. The van der Waals surface area contributed by atoms with Crippen LogP contribution >= 0.6 is 0 Å². The van der Waals surface area contributed by atoms with Crippen molar-refractivity contribution in [2.75, 3.05) is 51.1 Å². The number of carbonyl (C=O) groups is 4. The fraction of sp³-hybridized carbons (Fsp3) is 0.412. The molecule has 1 saturated heterocycles. The van der Waals surface area contributed by atoms with Crippen LogP contribution in [-0.4, -0.2) is 74.5 Å². The van der Waals surface area contributed by atoms with Gasteiger partial charge in [0.2, 0.25) is 11.8 Å². The van der Waals surface area contributed by atoms with Gasteiger partial charge >= 0.3 is 0 Å². The highest BCUT2D eigenvalue weighted by Gasteiger charge is 2.25. The summed E-state index contributed by atoms with van der Waals surface area (Å²) in [6.07, 6.45) is 9.62. The molecule has 2 aliphatic carbocycles. The average molecular weight is 571 g/mol. The van der Waals surface area contributed by atoms with E-state index < -0.39 is 0 Å². The normalized spacial score (nSPS) is 17.8. The fourth-order valence-corrected chi connectivity index (χ4v) is 5.56. The molecule has 2 aromatic carbocycles. The van der Waals surface area contributed by atoms with E-state index in [4.69, 9.17) is 0 Å². The molecule has 0 unspecified atom stereocenters. The molecule has 222 valence electrons. The fourth-order valence-electron chi connectivity index (χ4n) is 5.56. The first-order valence-electron chi connectivity index (χ1n) is 14.6. The summed E-state index contributed by atoms with van der Waals surface area (Å²) in [5.41, 5.74) is 7.07. The van der Waals surface area contributed by atoms with Gasteiger partial charge in [-0.25, -0.2) is 0 Å². The predicted molar refractivity (Wildman–Crippen MR) is 167 cm³/mol. The highest BCUT2D eigenvalue weighted by Crippen LogP contribution is 2.30. The van der Waals surface area contributed by atoms with Crippen LogP contribution in [0.2, 0.25) is 0 Å². The maximum atomic E-state index is 12.6. The van der Waals surface area contributed by atoms with Crippen LogP contribution in [0.5, 0.6) is 0 Å². The number of hydrogen-bond acceptors (Lipinski definition) is 6. The molecule has 8 heteroatoms. The third-order valence-corrected chi connectivity index (χ3v) is 8.19. The van der Waals surface area contributed by atoms with Gasteiger partial charge in [0, 0.05) is 101 Å². The molecule has 1 heterocycles. The summed E-state index contributed by atoms with van der Waals surface area (Å²) in [6.45, 7) is 5.20. The van der Waals surface area contributed by atoms with Crippen molar-refractivity contribution in [3.63, 3.8) is 0 Å². The monoisotopic (exact) mass is 570 g/mol. The van der Waals surface area contributed by atoms with Crippen molar-refractivity contribution >= 4 is 34.8 Å². The standard InChI is InChI=1S/C18H22N2O2.C16H20N2O2/c1-13(21)19(2)16-7-8-17-14(11-16)5-6-15(18(17)22)12-20-9-3-4-10-20;1-11(19)18(4)14-7-8-15-12(9-14)5-6-13(16(15)20)10-17(2)3/h7-8,11-12H,3-6,9-10H2,1-2H3;7-10H,5-6H2,1-4H3/b15-12-;13-10-. The van der Waals surface area contributed by atoms with Crippen molar-refractivity contribution in [2.24, 2.45) is 0 Å². The maximum Gasteiger partial charge on any atom is 0.223 e. The summed E-state index contributed by atoms with van der Waals surface area (Å²) in [5, 5.41) is 0. The van der Waals surface area contributed by atoms with E-state index >= 15 is 0 Å². The number of amides is 2. The summed E-state index contributed by atoms with van der Waals surface area (Å²) in [4.78, 5) is 55.3. The van der Waals surface area contributed by atoms with E-state index in [1.807, 2.05) is 61.6 Å². The molecule has 0 spiro atoms. The Morgan fingerprint density at radius 2 is 1.14 bits per heavy atom. The lowest BCUT2D eigenvalue weighted by Gasteiger charge is -2.23.